The molecule has 0 aromatic heterocycles. The Labute approximate surface area is 156 Å². The number of nitrogens with one attached hydrogen (secondary N) is 1. The van der Waals surface area contributed by atoms with E-state index in [1.165, 1.54) is 18.9 Å². The minimum absolute atomic E-state index is 0.0103. The summed E-state index contributed by atoms with van der Waals surface area (Å²) >= 11 is 0. The molecule has 1 N–H and O–H groups in total. The number of nitrogens with zero attached hydrogens (tertiary/aromatic N) is 2. The van der Waals surface area contributed by atoms with Crippen molar-refractivity contribution in [2.75, 3.05) is 19.6 Å². The van der Waals surface area contributed by atoms with E-state index < -0.39 is 0 Å². The number of unbranched alkanes of at least 4 members (excludes halogenated alkanes) is 3. The van der Waals surface area contributed by atoms with Crippen LogP contribution in [-0.2, 0) is 4.79 Å². The third-order valence-electron chi connectivity index (χ3n) is 5.26. The van der Waals surface area contributed by atoms with Crippen LogP contribution in [0.15, 0.2) is 24.3 Å². The molecule has 0 aliphatic carbocycles. The molecular weight excluding hydrogens is 330 g/mol. The Kier molecular flexibility index (Phi) is 8.04. The summed E-state index contributed by atoms with van der Waals surface area (Å²) in [5, 5.41) is 14.1. The van der Waals surface area contributed by atoms with Crippen LogP contribution in [0.25, 0.3) is 0 Å². The summed E-state index contributed by atoms with van der Waals surface area (Å²) in [6, 6.07) is 6.88. The molecule has 1 aliphatic heterocycles. The van der Waals surface area contributed by atoms with Crippen molar-refractivity contribution < 1.29 is 9.72 Å². The van der Waals surface area contributed by atoms with Gasteiger partial charge in [0.15, 0.2) is 0 Å². The average Bonchev–Trinajstić information content (AvgIpc) is 2.67. The Morgan fingerprint density at radius 2 is 2.19 bits per heavy atom. The predicted molar refractivity (Wildman–Crippen MR) is 103 cm³/mol. The number of nitro benzene ring substituents is 1. The van der Waals surface area contributed by atoms with Gasteiger partial charge in [0.05, 0.1) is 10.8 Å². The van der Waals surface area contributed by atoms with Gasteiger partial charge in [0.1, 0.15) is 0 Å². The maximum absolute atomic E-state index is 12.5. The number of likely N-dealkylation sites (tertiary alicyclic amines) is 1. The third-order valence-corrected chi connectivity index (χ3v) is 5.26. The van der Waals surface area contributed by atoms with Crippen LogP contribution in [0.2, 0.25) is 0 Å². The van der Waals surface area contributed by atoms with Crippen molar-refractivity contribution in [1.82, 2.24) is 10.2 Å². The molecular formula is C20H31N3O3. The molecule has 1 amide bonds. The van der Waals surface area contributed by atoms with Crippen LogP contribution in [0.1, 0.15) is 64.0 Å². The van der Waals surface area contributed by atoms with Gasteiger partial charge in [-0.15, -0.1) is 0 Å². The second-order valence-corrected chi connectivity index (χ2v) is 7.21. The Hall–Kier alpha value is -1.95. The molecule has 1 aromatic rings. The van der Waals surface area contributed by atoms with Crippen LogP contribution in [0, 0.1) is 16.0 Å². The lowest BCUT2D eigenvalue weighted by molar-refractivity contribution is -0.385. The van der Waals surface area contributed by atoms with Crippen LogP contribution in [0.5, 0.6) is 0 Å². The van der Waals surface area contributed by atoms with Crippen molar-refractivity contribution in [3.05, 3.63) is 39.9 Å². The van der Waals surface area contributed by atoms with E-state index in [1.807, 2.05) is 6.07 Å². The van der Waals surface area contributed by atoms with Crippen molar-refractivity contribution in [2.45, 2.75) is 58.4 Å². The first-order valence-corrected chi connectivity index (χ1v) is 9.79. The van der Waals surface area contributed by atoms with Gasteiger partial charge in [-0.1, -0.05) is 38.3 Å². The molecule has 26 heavy (non-hydrogen) atoms. The number of carbonyl (C=O) groups excluding carboxylic acids is 1. The number of carbonyl (C=O) groups is 1. The summed E-state index contributed by atoms with van der Waals surface area (Å²) in [6.45, 7) is 6.63. The fraction of sp³-hybridized carbons (Fsp3) is 0.650. The monoisotopic (exact) mass is 361 g/mol. The molecule has 1 aliphatic rings. The maximum atomic E-state index is 12.5. The summed E-state index contributed by atoms with van der Waals surface area (Å²) in [5.74, 6) is 0.161. The predicted octanol–water partition coefficient (Wildman–Crippen LogP) is 4.06. The number of benzene rings is 1. The summed E-state index contributed by atoms with van der Waals surface area (Å²) in [4.78, 5) is 25.4. The average molecular weight is 361 g/mol. The van der Waals surface area contributed by atoms with E-state index in [0.717, 1.165) is 44.3 Å². The van der Waals surface area contributed by atoms with Gasteiger partial charge < -0.3 is 5.32 Å². The quantitative estimate of drug-likeness (QED) is 0.409. The van der Waals surface area contributed by atoms with Crippen molar-refractivity contribution in [3.8, 4) is 0 Å². The largest absolute Gasteiger partial charge is 0.356 e. The molecule has 1 heterocycles. The molecule has 1 aromatic carbocycles. The Morgan fingerprint density at radius 3 is 2.92 bits per heavy atom. The first-order chi connectivity index (χ1) is 12.5. The summed E-state index contributed by atoms with van der Waals surface area (Å²) < 4.78 is 0. The summed E-state index contributed by atoms with van der Waals surface area (Å²) in [7, 11) is 0. The van der Waals surface area contributed by atoms with Gasteiger partial charge in [0.25, 0.3) is 5.69 Å². The lowest BCUT2D eigenvalue weighted by Crippen LogP contribution is -2.44. The number of nitro groups is 1. The highest BCUT2D eigenvalue weighted by molar-refractivity contribution is 5.78. The Morgan fingerprint density at radius 1 is 1.38 bits per heavy atom. The second kappa shape index (κ2) is 10.3. The van der Waals surface area contributed by atoms with Gasteiger partial charge in [-0.2, -0.15) is 0 Å². The van der Waals surface area contributed by atoms with Gasteiger partial charge >= 0.3 is 0 Å². The highest BCUT2D eigenvalue weighted by atomic mass is 16.6. The number of amides is 1. The van der Waals surface area contributed by atoms with Crippen LogP contribution in [-0.4, -0.2) is 35.4 Å². The van der Waals surface area contributed by atoms with Crippen molar-refractivity contribution in [1.29, 1.82) is 0 Å². The number of non-ortho nitro benzene ring substituents is 1. The summed E-state index contributed by atoms with van der Waals surface area (Å²) in [5.41, 5.74) is 1.05. The zero-order valence-electron chi connectivity index (χ0n) is 15.9. The van der Waals surface area contributed by atoms with Crippen LogP contribution in [0.3, 0.4) is 0 Å². The highest BCUT2D eigenvalue weighted by Gasteiger charge is 2.29. The molecule has 0 bridgehead atoms. The van der Waals surface area contributed by atoms with E-state index in [-0.39, 0.29) is 28.5 Å². The van der Waals surface area contributed by atoms with Crippen LogP contribution < -0.4 is 5.32 Å². The molecule has 2 atom stereocenters. The van der Waals surface area contributed by atoms with E-state index in [9.17, 15) is 14.9 Å². The van der Waals surface area contributed by atoms with E-state index in [4.69, 9.17) is 0 Å². The molecule has 1 fully saturated rings. The fourth-order valence-corrected chi connectivity index (χ4v) is 3.59. The fourth-order valence-electron chi connectivity index (χ4n) is 3.59. The number of rotatable bonds is 9. The Balaban J connectivity index is 1.89. The van der Waals surface area contributed by atoms with Gasteiger partial charge in [-0.3, -0.25) is 19.8 Å². The lowest BCUT2D eigenvalue weighted by Gasteiger charge is -2.36. The van der Waals surface area contributed by atoms with Gasteiger partial charge in [0.2, 0.25) is 5.91 Å². The molecule has 2 unspecified atom stereocenters. The van der Waals surface area contributed by atoms with E-state index >= 15 is 0 Å². The summed E-state index contributed by atoms with van der Waals surface area (Å²) in [6.07, 6.45) is 6.51. The molecule has 0 spiro atoms. The van der Waals surface area contributed by atoms with Crippen molar-refractivity contribution >= 4 is 11.6 Å². The van der Waals surface area contributed by atoms with E-state index in [1.54, 1.807) is 12.1 Å². The minimum Gasteiger partial charge on any atom is -0.356 e. The SMILES string of the molecule is CCCCCCNC(=O)C1CCCN(C(C)c2cccc([N+](=O)[O-])c2)C1. The third kappa shape index (κ3) is 5.80. The number of hydrogen-bond acceptors (Lipinski definition) is 4. The molecule has 1 saturated heterocycles. The lowest BCUT2D eigenvalue weighted by atomic mass is 9.94. The van der Waals surface area contributed by atoms with Gasteiger partial charge in [-0.05, 0) is 38.3 Å². The normalized spacial score (nSPS) is 19.1. The van der Waals surface area contributed by atoms with Crippen LogP contribution >= 0.6 is 0 Å². The molecule has 6 heteroatoms. The van der Waals surface area contributed by atoms with Gasteiger partial charge in [-0.25, -0.2) is 0 Å². The Bertz CT molecular complexity index is 606. The number of hydrogen-bond donors (Lipinski definition) is 1. The topological polar surface area (TPSA) is 75.5 Å². The molecule has 6 nitrogen and oxygen atoms in total. The van der Waals surface area contributed by atoms with Gasteiger partial charge in [0, 0.05) is 31.3 Å². The van der Waals surface area contributed by atoms with Crippen molar-refractivity contribution in [3.63, 3.8) is 0 Å². The second-order valence-electron chi connectivity index (χ2n) is 7.21. The first kappa shape index (κ1) is 20.4. The molecule has 144 valence electrons. The maximum Gasteiger partial charge on any atom is 0.269 e. The first-order valence-electron chi connectivity index (χ1n) is 9.79. The van der Waals surface area contributed by atoms with Crippen LogP contribution in [0.4, 0.5) is 5.69 Å². The van der Waals surface area contributed by atoms with Crippen molar-refractivity contribution in [2.24, 2.45) is 5.92 Å². The standard InChI is InChI=1S/C20H31N3O3/c1-3-4-5-6-12-21-20(24)18-10-8-13-22(15-18)16(2)17-9-7-11-19(14-17)23(25)26/h7,9,11,14,16,18H,3-6,8,10,12-13,15H2,1-2H3,(H,21,24). The molecule has 0 radical (unpaired) electrons. The minimum atomic E-state index is -0.360. The van der Waals surface area contributed by atoms with E-state index in [2.05, 4.69) is 24.1 Å². The molecule has 2 rings (SSSR count). The zero-order valence-corrected chi connectivity index (χ0v) is 15.9. The highest BCUT2D eigenvalue weighted by Crippen LogP contribution is 2.28. The van der Waals surface area contributed by atoms with E-state index in [0.29, 0.717) is 6.54 Å². The molecule has 0 saturated carbocycles. The zero-order chi connectivity index (χ0) is 18.9. The smallest absolute Gasteiger partial charge is 0.269 e. The number of piperidine rings is 1.